The van der Waals surface area contributed by atoms with E-state index in [9.17, 15) is 64.8 Å². The molecule has 2 aliphatic heterocycles. The monoisotopic (exact) mass is 1070 g/mol. The Bertz CT molecular complexity index is 2250. The number of aliphatic carboxylic acids is 1. The van der Waals surface area contributed by atoms with Crippen molar-refractivity contribution in [2.45, 2.75) is 207 Å². The van der Waals surface area contributed by atoms with Crippen LogP contribution >= 0.6 is 0 Å². The Morgan fingerprint density at radius 1 is 0.827 bits per heavy atom. The first kappa shape index (κ1) is 59.1. The summed E-state index contributed by atoms with van der Waals surface area (Å²) in [6.45, 7) is 18.4. The van der Waals surface area contributed by atoms with E-state index in [0.29, 0.717) is 37.7 Å². The number of rotatable bonds is 13. The molecule has 75 heavy (non-hydrogen) atoms. The Morgan fingerprint density at radius 2 is 1.49 bits per heavy atom. The van der Waals surface area contributed by atoms with Gasteiger partial charge in [0.05, 0.1) is 43.2 Å². The number of aliphatic hydroxyl groups is 7. The van der Waals surface area contributed by atoms with E-state index in [4.69, 9.17) is 37.9 Å². The Labute approximate surface area is 438 Å². The predicted octanol–water partition coefficient (Wildman–Crippen LogP) is 2.24. The van der Waals surface area contributed by atoms with Crippen molar-refractivity contribution in [2.75, 3.05) is 20.3 Å². The lowest BCUT2D eigenvalue weighted by Crippen LogP contribution is -2.77. The van der Waals surface area contributed by atoms with Gasteiger partial charge in [0.25, 0.3) is 0 Å². The minimum absolute atomic E-state index is 0.129. The molecular weight excluding hydrogens is 985 g/mol. The molecule has 0 spiro atoms. The first-order chi connectivity index (χ1) is 34.9. The van der Waals surface area contributed by atoms with E-state index >= 15 is 0 Å². The molecule has 0 unspecified atom stereocenters. The smallest absolute Gasteiger partial charge is 0.335 e. The highest BCUT2D eigenvalue weighted by molar-refractivity contribution is 5.88. The molecule has 8 N–H and O–H groups in total. The van der Waals surface area contributed by atoms with E-state index in [1.807, 2.05) is 27.7 Å². The maximum absolute atomic E-state index is 14.5. The normalized spacial score (nSPS) is 46.7. The van der Waals surface area contributed by atoms with Crippen molar-refractivity contribution in [3.63, 3.8) is 0 Å². The Balaban J connectivity index is 1.29. The van der Waals surface area contributed by atoms with Gasteiger partial charge >= 0.3 is 29.8 Å². The van der Waals surface area contributed by atoms with Crippen LogP contribution in [0.1, 0.15) is 121 Å². The maximum Gasteiger partial charge on any atom is 0.335 e. The quantitative estimate of drug-likeness (QED) is 0.0431. The number of allylic oxidation sites excluding steroid dienone is 2. The number of ether oxygens (including phenoxy) is 8. The molecule has 0 bridgehead atoms. The number of carboxylic acids is 1. The molecule has 0 amide bonds. The molecule has 0 radical (unpaired) electrons. The summed E-state index contributed by atoms with van der Waals surface area (Å²) in [7, 11) is 1.24. The number of carbonyl (C=O) groups is 5. The van der Waals surface area contributed by atoms with Gasteiger partial charge < -0.3 is 78.7 Å². The molecule has 23 atom stereocenters. The van der Waals surface area contributed by atoms with E-state index in [-0.39, 0.29) is 18.8 Å². The number of hydrogen-bond acceptors (Lipinski definition) is 20. The van der Waals surface area contributed by atoms with Crippen molar-refractivity contribution in [1.29, 1.82) is 0 Å². The summed E-state index contributed by atoms with van der Waals surface area (Å²) in [4.78, 5) is 68.2. The minimum Gasteiger partial charge on any atom is -0.479 e. The molecule has 0 aromatic rings. The highest BCUT2D eigenvalue weighted by Crippen LogP contribution is 2.76. The molecule has 4 saturated carbocycles. The van der Waals surface area contributed by atoms with Gasteiger partial charge in [0.2, 0.25) is 0 Å². The fourth-order valence-electron chi connectivity index (χ4n) is 15.2. The summed E-state index contributed by atoms with van der Waals surface area (Å²) in [6.07, 6.45) is -17.2. The summed E-state index contributed by atoms with van der Waals surface area (Å²) in [5.74, 6) is -6.48. The standard InChI is InChI=1S/C54H82O21/c1-13-24(3)44(65)74-41-42(75-45(66)25(4)14-2)54(23-55)28(21-49(41,6)7)27-15-16-30-50(8)19-18-32(52(10,48(67)68-12)31(50)17-20-51(30,9)53(27,11)39(62)40(54)70-26(5)56)71-47-36(61)37(35(60)38(73-47)43(63)64)72-46-34(59)33(58)29(57)22-69-46/h13,15,25,28-42,46-47,55,57-62H,14,16-23H2,1-12H3,(H,63,64)/t25-,28+,29+,30-,31-,32+,33+,34-,35+,36-,37+,38+,39+,40-,41+,42+,46+,47-,50-,51-,52+,53+,54+/m1/s1. The van der Waals surface area contributed by atoms with Crippen molar-refractivity contribution in [3.05, 3.63) is 23.3 Å². The zero-order chi connectivity index (χ0) is 55.9. The van der Waals surface area contributed by atoms with Gasteiger partial charge in [-0.3, -0.25) is 14.4 Å². The number of hydrogen-bond donors (Lipinski definition) is 8. The van der Waals surface area contributed by atoms with Crippen LogP contribution in [0.4, 0.5) is 0 Å². The van der Waals surface area contributed by atoms with E-state index in [1.54, 1.807) is 33.8 Å². The molecule has 2 heterocycles. The summed E-state index contributed by atoms with van der Waals surface area (Å²) >= 11 is 0. The predicted molar refractivity (Wildman–Crippen MR) is 260 cm³/mol. The average molecular weight is 1070 g/mol. The summed E-state index contributed by atoms with van der Waals surface area (Å²) < 4.78 is 47.9. The maximum atomic E-state index is 14.5. The van der Waals surface area contributed by atoms with Crippen molar-refractivity contribution < 1.29 is 103 Å². The molecule has 21 nitrogen and oxygen atoms in total. The van der Waals surface area contributed by atoms with Crippen molar-refractivity contribution in [1.82, 2.24) is 0 Å². The second kappa shape index (κ2) is 21.2. The third-order valence-electron chi connectivity index (χ3n) is 20.0. The van der Waals surface area contributed by atoms with Crippen LogP contribution in [0.3, 0.4) is 0 Å². The summed E-state index contributed by atoms with van der Waals surface area (Å²) in [5.41, 5.74) is -5.87. The average Bonchev–Trinajstić information content (AvgIpc) is 3.35. The fraction of sp³-hybridized carbons (Fsp3) is 0.833. The number of fused-ring (bicyclic) bond motifs is 7. The second-order valence-electron chi connectivity index (χ2n) is 24.2. The summed E-state index contributed by atoms with van der Waals surface area (Å²) in [5, 5.41) is 89.4. The molecule has 5 aliphatic carbocycles. The highest BCUT2D eigenvalue weighted by Gasteiger charge is 2.78. The molecule has 7 rings (SSSR count). The molecule has 21 heteroatoms. The van der Waals surface area contributed by atoms with Gasteiger partial charge in [-0.2, -0.15) is 0 Å². The third kappa shape index (κ3) is 9.18. The van der Waals surface area contributed by atoms with Gasteiger partial charge in [-0.15, -0.1) is 0 Å². The van der Waals surface area contributed by atoms with Gasteiger partial charge in [0.1, 0.15) is 54.9 Å². The van der Waals surface area contributed by atoms with Crippen LogP contribution in [-0.4, -0.2) is 177 Å². The van der Waals surface area contributed by atoms with Gasteiger partial charge in [0.15, 0.2) is 24.8 Å². The van der Waals surface area contributed by atoms with Crippen molar-refractivity contribution in [2.24, 2.45) is 56.2 Å². The minimum atomic E-state index is -2.05. The van der Waals surface area contributed by atoms with E-state index < -0.39 is 179 Å². The van der Waals surface area contributed by atoms with Gasteiger partial charge in [-0.1, -0.05) is 66.2 Å². The second-order valence-corrected chi connectivity index (χ2v) is 24.2. The number of esters is 4. The van der Waals surface area contributed by atoms with Crippen molar-refractivity contribution in [3.8, 4) is 0 Å². The lowest BCUT2D eigenvalue weighted by Gasteiger charge is -2.73. The Morgan fingerprint density at radius 3 is 2.08 bits per heavy atom. The van der Waals surface area contributed by atoms with Crippen molar-refractivity contribution >= 4 is 29.8 Å². The summed E-state index contributed by atoms with van der Waals surface area (Å²) in [6, 6.07) is 0. The van der Waals surface area contributed by atoms with Crippen LogP contribution in [0.15, 0.2) is 23.3 Å². The van der Waals surface area contributed by atoms with Crippen LogP contribution < -0.4 is 0 Å². The lowest BCUT2D eigenvalue weighted by atomic mass is 9.32. The van der Waals surface area contributed by atoms with Crippen LogP contribution in [0.5, 0.6) is 0 Å². The molecule has 2 saturated heterocycles. The van der Waals surface area contributed by atoms with E-state index in [2.05, 4.69) is 19.9 Å². The van der Waals surface area contributed by atoms with Crippen LogP contribution in [0.25, 0.3) is 0 Å². The zero-order valence-corrected chi connectivity index (χ0v) is 45.3. The van der Waals surface area contributed by atoms with Crippen LogP contribution in [-0.2, 0) is 61.9 Å². The number of carbonyl (C=O) groups excluding carboxylic acids is 4. The van der Waals surface area contributed by atoms with Gasteiger partial charge in [0, 0.05) is 23.3 Å². The topological polar surface area (TPSA) is 321 Å². The van der Waals surface area contributed by atoms with Gasteiger partial charge in [-0.05, 0) is 94.3 Å². The largest absolute Gasteiger partial charge is 0.479 e. The zero-order valence-electron chi connectivity index (χ0n) is 45.3. The highest BCUT2D eigenvalue weighted by atomic mass is 16.7. The molecule has 6 fully saturated rings. The fourth-order valence-corrected chi connectivity index (χ4v) is 15.2. The SMILES string of the molecule is CC=C(C)C(=O)O[C@H]1[C@H](OC(=O)[C@H](C)CC)[C@]2(CO)[C@H](OC(C)=O)[C@H](O)[C@]3(C)C(=CC[C@@H]4[C@@]5(C)CC[C@H](O[C@@H]6O[C@H](C(=O)O)[C@@H](O)[C@H](O[C@@H]7OC[C@H](O)[C@H](O)[C@H]7O)[C@H]6O)[C@@](C)(C(=O)OC)[C@@H]5CC[C@]43C)[C@@H]2CC1(C)C. The Hall–Kier alpha value is -3.61. The number of methoxy groups -OCH3 is 1. The molecule has 7 aliphatic rings. The van der Waals surface area contributed by atoms with E-state index in [0.717, 1.165) is 5.57 Å². The molecule has 0 aromatic heterocycles. The first-order valence-corrected chi connectivity index (χ1v) is 26.4. The first-order valence-electron chi connectivity index (χ1n) is 26.4. The van der Waals surface area contributed by atoms with Crippen LogP contribution in [0, 0.1) is 56.2 Å². The Kier molecular flexibility index (Phi) is 16.7. The van der Waals surface area contributed by atoms with Gasteiger partial charge in [-0.25, -0.2) is 9.59 Å². The lowest BCUT2D eigenvalue weighted by molar-refractivity contribution is -0.357. The van der Waals surface area contributed by atoms with E-state index in [1.165, 1.54) is 14.0 Å². The number of carboxylic acid groups (broad SMARTS) is 1. The third-order valence-corrected chi connectivity index (χ3v) is 20.0. The molecule has 0 aromatic carbocycles. The van der Waals surface area contributed by atoms with Crippen LogP contribution in [0.2, 0.25) is 0 Å². The molecular formula is C54H82O21. The molecule has 424 valence electrons. The number of aliphatic hydroxyl groups excluding tert-OH is 7.